The van der Waals surface area contributed by atoms with Crippen molar-refractivity contribution in [2.45, 2.75) is 0 Å². The number of nitrogens with zero attached hydrogens (tertiary/aromatic N) is 2. The number of carboxylic acids is 1. The van der Waals surface area contributed by atoms with E-state index in [-0.39, 0.29) is 12.2 Å². The fourth-order valence-corrected chi connectivity index (χ4v) is 2.51. The molecule has 28 heavy (non-hydrogen) atoms. The van der Waals surface area contributed by atoms with Crippen molar-refractivity contribution in [1.82, 2.24) is 9.99 Å². The summed E-state index contributed by atoms with van der Waals surface area (Å²) in [6.45, 7) is -0.184. The molecule has 142 valence electrons. The Morgan fingerprint density at radius 1 is 1.11 bits per heavy atom. The molecule has 0 radical (unpaired) electrons. The maximum absolute atomic E-state index is 11.8. The number of carboxylic acid groups (broad SMARTS) is 1. The lowest BCUT2D eigenvalue weighted by atomic mass is 10.2. The summed E-state index contributed by atoms with van der Waals surface area (Å²) in [5.41, 5.74) is 4.08. The topological polar surface area (TPSA) is 92.9 Å². The van der Waals surface area contributed by atoms with Gasteiger partial charge in [0.05, 0.1) is 17.5 Å². The average molecular weight is 398 g/mol. The number of hydrazone groups is 1. The van der Waals surface area contributed by atoms with Gasteiger partial charge in [0.1, 0.15) is 5.75 Å². The third-order valence-corrected chi connectivity index (χ3v) is 3.99. The van der Waals surface area contributed by atoms with Crippen LogP contribution in [0.1, 0.15) is 16.1 Å². The van der Waals surface area contributed by atoms with Gasteiger partial charge in [-0.1, -0.05) is 11.6 Å². The molecule has 0 bridgehead atoms. The lowest BCUT2D eigenvalue weighted by Gasteiger charge is -2.07. The molecule has 0 aliphatic rings. The molecule has 3 aromatic rings. The Labute approximate surface area is 165 Å². The lowest BCUT2D eigenvalue weighted by molar-refractivity contribution is -0.123. The summed E-state index contributed by atoms with van der Waals surface area (Å²) in [5, 5.41) is 13.5. The van der Waals surface area contributed by atoms with Crippen LogP contribution in [-0.2, 0) is 4.79 Å². The summed E-state index contributed by atoms with van der Waals surface area (Å²) >= 11 is 5.79. The number of rotatable bonds is 7. The van der Waals surface area contributed by atoms with Gasteiger partial charge in [0, 0.05) is 16.9 Å². The largest absolute Gasteiger partial charge is 0.484 e. The van der Waals surface area contributed by atoms with Gasteiger partial charge in [-0.3, -0.25) is 4.79 Å². The number of halogens is 1. The predicted octanol–water partition coefficient (Wildman–Crippen LogP) is 3.36. The molecule has 1 aromatic heterocycles. The quantitative estimate of drug-likeness (QED) is 0.472. The SMILES string of the molecule is O=C(COc1ccc(Cl)cc1)N/N=C/c1cccn1-c1ccc(C(=O)O)cc1. The van der Waals surface area contributed by atoms with Crippen molar-refractivity contribution in [2.75, 3.05) is 6.61 Å². The Morgan fingerprint density at radius 2 is 1.82 bits per heavy atom. The Balaban J connectivity index is 1.57. The van der Waals surface area contributed by atoms with E-state index in [2.05, 4.69) is 10.5 Å². The zero-order valence-electron chi connectivity index (χ0n) is 14.6. The van der Waals surface area contributed by atoms with Crippen LogP contribution in [0.15, 0.2) is 72.0 Å². The molecule has 0 saturated heterocycles. The van der Waals surface area contributed by atoms with Gasteiger partial charge < -0.3 is 14.4 Å². The van der Waals surface area contributed by atoms with E-state index in [1.165, 1.54) is 18.3 Å². The van der Waals surface area contributed by atoms with Gasteiger partial charge in [-0.15, -0.1) is 0 Å². The number of aromatic carboxylic acids is 1. The van der Waals surface area contributed by atoms with E-state index in [0.29, 0.717) is 16.5 Å². The number of amides is 1. The molecule has 1 heterocycles. The molecular formula is C20H16ClN3O4. The maximum atomic E-state index is 11.8. The summed E-state index contributed by atoms with van der Waals surface area (Å²) in [7, 11) is 0. The minimum atomic E-state index is -0.982. The standard InChI is InChI=1S/C20H16ClN3O4/c21-15-5-9-18(10-6-15)28-13-19(25)23-22-12-17-2-1-11-24(17)16-7-3-14(4-8-16)20(26)27/h1-12H,13H2,(H,23,25)(H,26,27)/b22-12+. The monoisotopic (exact) mass is 397 g/mol. The zero-order chi connectivity index (χ0) is 19.9. The number of carbonyl (C=O) groups excluding carboxylic acids is 1. The molecule has 0 spiro atoms. The van der Waals surface area contributed by atoms with E-state index in [1.807, 2.05) is 22.9 Å². The van der Waals surface area contributed by atoms with Gasteiger partial charge in [-0.05, 0) is 60.7 Å². The molecule has 3 rings (SSSR count). The number of aromatic nitrogens is 1. The minimum Gasteiger partial charge on any atom is -0.484 e. The highest BCUT2D eigenvalue weighted by Crippen LogP contribution is 2.15. The molecule has 0 aliphatic carbocycles. The fraction of sp³-hybridized carbons (Fsp3) is 0.0500. The first-order valence-corrected chi connectivity index (χ1v) is 8.62. The smallest absolute Gasteiger partial charge is 0.335 e. The van der Waals surface area contributed by atoms with Gasteiger partial charge in [0.2, 0.25) is 0 Å². The highest BCUT2D eigenvalue weighted by Gasteiger charge is 2.05. The summed E-state index contributed by atoms with van der Waals surface area (Å²) in [4.78, 5) is 22.8. The van der Waals surface area contributed by atoms with Crippen molar-refractivity contribution in [1.29, 1.82) is 0 Å². The van der Waals surface area contributed by atoms with Crippen molar-refractivity contribution < 1.29 is 19.4 Å². The number of benzene rings is 2. The predicted molar refractivity (Wildman–Crippen MR) is 105 cm³/mol. The number of hydrogen-bond acceptors (Lipinski definition) is 4. The molecule has 0 aliphatic heterocycles. The molecule has 0 saturated carbocycles. The first-order valence-electron chi connectivity index (χ1n) is 8.24. The molecule has 0 atom stereocenters. The van der Waals surface area contributed by atoms with E-state index >= 15 is 0 Å². The summed E-state index contributed by atoms with van der Waals surface area (Å²) < 4.78 is 7.15. The molecule has 7 nitrogen and oxygen atoms in total. The van der Waals surface area contributed by atoms with Gasteiger partial charge in [0.25, 0.3) is 5.91 Å². The summed E-state index contributed by atoms with van der Waals surface area (Å²) in [5.74, 6) is -0.860. The van der Waals surface area contributed by atoms with Crippen LogP contribution in [0.4, 0.5) is 0 Å². The fourth-order valence-electron chi connectivity index (χ4n) is 2.38. The van der Waals surface area contributed by atoms with Crippen LogP contribution in [0.2, 0.25) is 5.02 Å². The Morgan fingerprint density at radius 3 is 2.50 bits per heavy atom. The van der Waals surface area contributed by atoms with Crippen LogP contribution in [0.5, 0.6) is 5.75 Å². The third-order valence-electron chi connectivity index (χ3n) is 3.74. The van der Waals surface area contributed by atoms with Crippen LogP contribution in [0, 0.1) is 0 Å². The molecule has 0 fully saturated rings. The second-order valence-corrected chi connectivity index (χ2v) is 6.13. The van der Waals surface area contributed by atoms with E-state index in [1.54, 1.807) is 36.4 Å². The Hall–Kier alpha value is -3.58. The second kappa shape index (κ2) is 8.88. The zero-order valence-corrected chi connectivity index (χ0v) is 15.3. The molecule has 8 heteroatoms. The lowest BCUT2D eigenvalue weighted by Crippen LogP contribution is -2.24. The number of nitrogens with one attached hydrogen (secondary N) is 1. The van der Waals surface area contributed by atoms with Crippen LogP contribution in [-0.4, -0.2) is 34.4 Å². The molecular weight excluding hydrogens is 382 g/mol. The Kier molecular flexibility index (Phi) is 6.08. The van der Waals surface area contributed by atoms with Crippen molar-refractivity contribution >= 4 is 29.7 Å². The average Bonchev–Trinajstić information content (AvgIpc) is 3.16. The van der Waals surface area contributed by atoms with Gasteiger partial charge in [-0.2, -0.15) is 5.10 Å². The molecule has 1 amide bonds. The maximum Gasteiger partial charge on any atom is 0.335 e. The van der Waals surface area contributed by atoms with Crippen molar-refractivity contribution in [2.24, 2.45) is 5.10 Å². The van der Waals surface area contributed by atoms with Crippen LogP contribution in [0.3, 0.4) is 0 Å². The van der Waals surface area contributed by atoms with Crippen LogP contribution in [0.25, 0.3) is 5.69 Å². The van der Waals surface area contributed by atoms with Crippen molar-refractivity contribution in [3.05, 3.63) is 83.1 Å². The van der Waals surface area contributed by atoms with Crippen molar-refractivity contribution in [3.8, 4) is 11.4 Å². The Bertz CT molecular complexity index is 995. The highest BCUT2D eigenvalue weighted by atomic mass is 35.5. The van der Waals surface area contributed by atoms with E-state index in [9.17, 15) is 9.59 Å². The molecule has 2 N–H and O–H groups in total. The third kappa shape index (κ3) is 4.99. The van der Waals surface area contributed by atoms with Crippen LogP contribution >= 0.6 is 11.6 Å². The highest BCUT2D eigenvalue weighted by molar-refractivity contribution is 6.30. The van der Waals surface area contributed by atoms with E-state index in [4.69, 9.17) is 21.4 Å². The van der Waals surface area contributed by atoms with E-state index < -0.39 is 11.9 Å². The summed E-state index contributed by atoms with van der Waals surface area (Å²) in [6, 6.07) is 16.7. The van der Waals surface area contributed by atoms with Gasteiger partial charge in [-0.25, -0.2) is 10.2 Å². The number of hydrogen-bond donors (Lipinski definition) is 2. The van der Waals surface area contributed by atoms with Crippen molar-refractivity contribution in [3.63, 3.8) is 0 Å². The first kappa shape index (κ1) is 19.2. The van der Waals surface area contributed by atoms with E-state index in [0.717, 1.165) is 5.69 Å². The second-order valence-electron chi connectivity index (χ2n) is 5.69. The first-order chi connectivity index (χ1) is 13.5. The molecule has 2 aromatic carbocycles. The number of carbonyl (C=O) groups is 2. The normalized spacial score (nSPS) is 10.8. The number of ether oxygens (including phenoxy) is 1. The van der Waals surface area contributed by atoms with Gasteiger partial charge in [0.15, 0.2) is 6.61 Å². The van der Waals surface area contributed by atoms with Crippen LogP contribution < -0.4 is 10.2 Å². The summed E-state index contributed by atoms with van der Waals surface area (Å²) in [6.07, 6.45) is 3.30. The minimum absolute atomic E-state index is 0.184. The molecule has 0 unspecified atom stereocenters. The van der Waals surface area contributed by atoms with Gasteiger partial charge >= 0.3 is 5.97 Å².